The van der Waals surface area contributed by atoms with Gasteiger partial charge in [0, 0.05) is 16.1 Å². The molecule has 84 valence electrons. The number of anilines is 1. The molecule has 0 atom stereocenters. The van der Waals surface area contributed by atoms with Crippen LogP contribution in [0.15, 0.2) is 18.3 Å². The summed E-state index contributed by atoms with van der Waals surface area (Å²) in [6, 6.07) is 3.74. The number of nitrogens with one attached hydrogen (secondary N) is 1. The summed E-state index contributed by atoms with van der Waals surface area (Å²) in [5, 5.41) is 7.20. The zero-order valence-electron chi connectivity index (χ0n) is 9.04. The standard InChI is InChI=1S/C11H12ClN3O/c1-6-9(12)3-7(4-10(6)16-2)8-5-14-15-11(8)13/h3-5H,1-2H3,(H3,13,14,15). The highest BCUT2D eigenvalue weighted by atomic mass is 35.5. The Labute approximate surface area is 98.4 Å². The van der Waals surface area contributed by atoms with Gasteiger partial charge in [0.2, 0.25) is 0 Å². The van der Waals surface area contributed by atoms with Crippen molar-refractivity contribution in [3.05, 3.63) is 28.9 Å². The van der Waals surface area contributed by atoms with E-state index in [1.165, 1.54) is 0 Å². The van der Waals surface area contributed by atoms with E-state index >= 15 is 0 Å². The summed E-state index contributed by atoms with van der Waals surface area (Å²) in [6.07, 6.45) is 1.66. The van der Waals surface area contributed by atoms with Gasteiger partial charge in [-0.3, -0.25) is 5.10 Å². The maximum atomic E-state index is 6.12. The molecule has 0 unspecified atom stereocenters. The number of nitrogen functional groups attached to an aromatic ring is 1. The van der Waals surface area contributed by atoms with E-state index in [0.29, 0.717) is 10.8 Å². The van der Waals surface area contributed by atoms with Crippen LogP contribution in [-0.2, 0) is 0 Å². The van der Waals surface area contributed by atoms with E-state index in [1.807, 2.05) is 19.1 Å². The number of aromatic amines is 1. The summed E-state index contributed by atoms with van der Waals surface area (Å²) < 4.78 is 5.25. The fourth-order valence-corrected chi connectivity index (χ4v) is 1.76. The van der Waals surface area contributed by atoms with Crippen LogP contribution in [0.4, 0.5) is 5.82 Å². The normalized spacial score (nSPS) is 10.4. The average molecular weight is 238 g/mol. The average Bonchev–Trinajstić information content (AvgIpc) is 2.68. The monoisotopic (exact) mass is 237 g/mol. The van der Waals surface area contributed by atoms with Crippen molar-refractivity contribution < 1.29 is 4.74 Å². The molecule has 2 rings (SSSR count). The Morgan fingerprint density at radius 3 is 2.75 bits per heavy atom. The first-order valence-electron chi connectivity index (χ1n) is 4.77. The lowest BCUT2D eigenvalue weighted by atomic mass is 10.1. The third kappa shape index (κ3) is 1.72. The second-order valence-corrected chi connectivity index (χ2v) is 3.89. The van der Waals surface area contributed by atoms with Crippen LogP contribution in [-0.4, -0.2) is 17.3 Å². The summed E-state index contributed by atoms with van der Waals surface area (Å²) >= 11 is 6.12. The number of methoxy groups -OCH3 is 1. The van der Waals surface area contributed by atoms with E-state index in [2.05, 4.69) is 10.2 Å². The lowest BCUT2D eigenvalue weighted by Crippen LogP contribution is -1.91. The first-order chi connectivity index (χ1) is 7.63. The Balaban J connectivity index is 2.59. The summed E-state index contributed by atoms with van der Waals surface area (Å²) in [4.78, 5) is 0. The number of halogens is 1. The SMILES string of the molecule is COc1cc(-c2cn[nH]c2N)cc(Cl)c1C. The van der Waals surface area contributed by atoms with E-state index in [1.54, 1.807) is 13.3 Å². The third-order valence-electron chi connectivity index (χ3n) is 2.50. The predicted octanol–water partition coefficient (Wildman–Crippen LogP) is 2.63. The quantitative estimate of drug-likeness (QED) is 0.844. The molecule has 0 amide bonds. The molecule has 1 aromatic heterocycles. The predicted molar refractivity (Wildman–Crippen MR) is 64.7 cm³/mol. The van der Waals surface area contributed by atoms with Gasteiger partial charge >= 0.3 is 0 Å². The molecule has 3 N–H and O–H groups in total. The Morgan fingerprint density at radius 2 is 2.19 bits per heavy atom. The van der Waals surface area contributed by atoms with Gasteiger partial charge in [-0.05, 0) is 24.6 Å². The maximum absolute atomic E-state index is 6.12. The fourth-order valence-electron chi connectivity index (χ4n) is 1.55. The molecule has 0 bridgehead atoms. The lowest BCUT2D eigenvalue weighted by Gasteiger charge is -2.09. The Bertz CT molecular complexity index is 522. The maximum Gasteiger partial charge on any atom is 0.126 e. The molecule has 0 radical (unpaired) electrons. The van der Waals surface area contributed by atoms with Crippen molar-refractivity contribution in [3.8, 4) is 16.9 Å². The molecule has 2 aromatic rings. The van der Waals surface area contributed by atoms with Gasteiger partial charge in [0.25, 0.3) is 0 Å². The van der Waals surface area contributed by atoms with Crippen LogP contribution in [0.1, 0.15) is 5.56 Å². The van der Waals surface area contributed by atoms with Gasteiger partial charge < -0.3 is 10.5 Å². The number of nitrogens with zero attached hydrogens (tertiary/aromatic N) is 1. The van der Waals surface area contributed by atoms with Gasteiger partial charge in [0.1, 0.15) is 11.6 Å². The minimum Gasteiger partial charge on any atom is -0.496 e. The molecule has 1 aromatic carbocycles. The van der Waals surface area contributed by atoms with Crippen molar-refractivity contribution >= 4 is 17.4 Å². The van der Waals surface area contributed by atoms with E-state index < -0.39 is 0 Å². The molecule has 1 heterocycles. The highest BCUT2D eigenvalue weighted by molar-refractivity contribution is 6.31. The number of ether oxygens (including phenoxy) is 1. The number of aromatic nitrogens is 2. The van der Waals surface area contributed by atoms with Crippen LogP contribution in [0.3, 0.4) is 0 Å². The van der Waals surface area contributed by atoms with Crippen LogP contribution in [0.25, 0.3) is 11.1 Å². The molecule has 0 aliphatic heterocycles. The van der Waals surface area contributed by atoms with Crippen molar-refractivity contribution in [2.24, 2.45) is 0 Å². The van der Waals surface area contributed by atoms with Crippen molar-refractivity contribution in [2.75, 3.05) is 12.8 Å². The van der Waals surface area contributed by atoms with Gasteiger partial charge in [-0.25, -0.2) is 0 Å². The molecule has 0 fully saturated rings. The third-order valence-corrected chi connectivity index (χ3v) is 2.89. The summed E-state index contributed by atoms with van der Waals surface area (Å²) in [5.74, 6) is 1.25. The largest absolute Gasteiger partial charge is 0.496 e. The van der Waals surface area contributed by atoms with E-state index in [4.69, 9.17) is 22.1 Å². The van der Waals surface area contributed by atoms with Crippen molar-refractivity contribution in [1.29, 1.82) is 0 Å². The topological polar surface area (TPSA) is 63.9 Å². The lowest BCUT2D eigenvalue weighted by molar-refractivity contribution is 0.412. The highest BCUT2D eigenvalue weighted by Crippen LogP contribution is 2.34. The Kier molecular flexibility index (Phi) is 2.75. The Morgan fingerprint density at radius 1 is 1.44 bits per heavy atom. The fraction of sp³-hybridized carbons (Fsp3) is 0.182. The van der Waals surface area contributed by atoms with Gasteiger partial charge in [-0.1, -0.05) is 11.6 Å². The molecule has 16 heavy (non-hydrogen) atoms. The number of hydrogen-bond acceptors (Lipinski definition) is 3. The molecule has 0 spiro atoms. The number of hydrogen-bond donors (Lipinski definition) is 2. The van der Waals surface area contributed by atoms with Crippen LogP contribution in [0, 0.1) is 6.92 Å². The van der Waals surface area contributed by atoms with Crippen molar-refractivity contribution in [1.82, 2.24) is 10.2 Å². The van der Waals surface area contributed by atoms with E-state index in [9.17, 15) is 0 Å². The van der Waals surface area contributed by atoms with Crippen LogP contribution >= 0.6 is 11.6 Å². The molecule has 4 nitrogen and oxygen atoms in total. The summed E-state index contributed by atoms with van der Waals surface area (Å²) in [7, 11) is 1.61. The highest BCUT2D eigenvalue weighted by Gasteiger charge is 2.10. The van der Waals surface area contributed by atoms with Gasteiger partial charge in [-0.15, -0.1) is 0 Å². The van der Waals surface area contributed by atoms with Gasteiger partial charge in [0.05, 0.1) is 13.3 Å². The number of rotatable bonds is 2. The zero-order valence-corrected chi connectivity index (χ0v) is 9.80. The molecule has 0 aliphatic rings. The summed E-state index contributed by atoms with van der Waals surface area (Å²) in [6.45, 7) is 1.91. The minimum absolute atomic E-state index is 0.516. The van der Waals surface area contributed by atoms with Crippen molar-refractivity contribution in [3.63, 3.8) is 0 Å². The van der Waals surface area contributed by atoms with Gasteiger partial charge in [0.15, 0.2) is 0 Å². The number of H-pyrrole nitrogens is 1. The number of benzene rings is 1. The zero-order chi connectivity index (χ0) is 11.7. The first-order valence-corrected chi connectivity index (χ1v) is 5.14. The molecule has 0 saturated carbocycles. The molecule has 0 aliphatic carbocycles. The molecular formula is C11H12ClN3O. The molecular weight excluding hydrogens is 226 g/mol. The second-order valence-electron chi connectivity index (χ2n) is 3.48. The number of nitrogens with two attached hydrogens (primary N) is 1. The molecule has 0 saturated heterocycles. The molecule has 5 heteroatoms. The van der Waals surface area contributed by atoms with E-state index in [-0.39, 0.29) is 0 Å². The minimum atomic E-state index is 0.516. The first kappa shape index (κ1) is 10.8. The summed E-state index contributed by atoms with van der Waals surface area (Å²) in [5.41, 5.74) is 8.37. The smallest absolute Gasteiger partial charge is 0.126 e. The Hall–Kier alpha value is -1.68. The van der Waals surface area contributed by atoms with Gasteiger partial charge in [-0.2, -0.15) is 5.10 Å². The second kappa shape index (κ2) is 4.06. The van der Waals surface area contributed by atoms with Crippen LogP contribution < -0.4 is 10.5 Å². The van der Waals surface area contributed by atoms with E-state index in [0.717, 1.165) is 22.4 Å². The van der Waals surface area contributed by atoms with Crippen molar-refractivity contribution in [2.45, 2.75) is 6.92 Å². The van der Waals surface area contributed by atoms with Crippen LogP contribution in [0.2, 0.25) is 5.02 Å². The van der Waals surface area contributed by atoms with Crippen LogP contribution in [0.5, 0.6) is 5.75 Å².